The van der Waals surface area contributed by atoms with Crippen LogP contribution in [0.2, 0.25) is 0 Å². The van der Waals surface area contributed by atoms with Crippen molar-refractivity contribution in [2.75, 3.05) is 19.0 Å². The number of nitrogens with zero attached hydrogens (tertiary/aromatic N) is 2. The molecule has 0 saturated heterocycles. The molecule has 9 heteroatoms. The van der Waals surface area contributed by atoms with Crippen molar-refractivity contribution in [2.45, 2.75) is 20.0 Å². The Kier molecular flexibility index (Phi) is 5.52. The number of carbonyl (C=O) groups excluding carboxylic acids is 1. The van der Waals surface area contributed by atoms with Crippen LogP contribution >= 0.6 is 11.3 Å². The third kappa shape index (κ3) is 3.83. The molecule has 0 fully saturated rings. The molecule has 0 unspecified atom stereocenters. The molecule has 0 radical (unpaired) electrons. The monoisotopic (exact) mass is 391 g/mol. The SMILES string of the molecule is COCCn1c(=O)c2sccc2n(CC(=O)Nc2ccc(C)c(F)c2)c1=O. The summed E-state index contributed by atoms with van der Waals surface area (Å²) < 4.78 is 21.3. The summed E-state index contributed by atoms with van der Waals surface area (Å²) in [5.41, 5.74) is 0.168. The van der Waals surface area contributed by atoms with E-state index in [0.717, 1.165) is 4.57 Å². The Morgan fingerprint density at radius 3 is 2.74 bits per heavy atom. The fraction of sp³-hybridized carbons (Fsp3) is 0.278. The van der Waals surface area contributed by atoms with Gasteiger partial charge in [0.25, 0.3) is 5.56 Å². The average molecular weight is 391 g/mol. The van der Waals surface area contributed by atoms with Crippen molar-refractivity contribution in [1.29, 1.82) is 0 Å². The Bertz CT molecular complexity index is 1120. The third-order valence-electron chi connectivity index (χ3n) is 4.11. The maximum atomic E-state index is 13.6. The number of aromatic nitrogens is 2. The van der Waals surface area contributed by atoms with Crippen LogP contribution < -0.4 is 16.6 Å². The van der Waals surface area contributed by atoms with Crippen molar-refractivity contribution in [3.63, 3.8) is 0 Å². The molecule has 0 atom stereocenters. The van der Waals surface area contributed by atoms with E-state index in [1.807, 2.05) is 0 Å². The number of ether oxygens (including phenoxy) is 1. The highest BCUT2D eigenvalue weighted by atomic mass is 32.1. The molecule has 1 aromatic carbocycles. The van der Waals surface area contributed by atoms with Crippen LogP contribution in [0.15, 0.2) is 39.2 Å². The molecule has 7 nitrogen and oxygen atoms in total. The largest absolute Gasteiger partial charge is 0.383 e. The van der Waals surface area contributed by atoms with Gasteiger partial charge in [-0.3, -0.25) is 18.7 Å². The minimum atomic E-state index is -0.590. The second kappa shape index (κ2) is 7.85. The number of hydrogen-bond acceptors (Lipinski definition) is 5. The highest BCUT2D eigenvalue weighted by Gasteiger charge is 2.16. The molecular formula is C18H18FN3O4S. The highest BCUT2D eigenvalue weighted by molar-refractivity contribution is 7.17. The van der Waals surface area contributed by atoms with E-state index in [0.29, 0.717) is 21.5 Å². The molecule has 0 spiro atoms. The summed E-state index contributed by atoms with van der Waals surface area (Å²) in [7, 11) is 1.47. The molecule has 0 saturated carbocycles. The van der Waals surface area contributed by atoms with Crippen molar-refractivity contribution in [2.24, 2.45) is 0 Å². The number of rotatable bonds is 6. The van der Waals surface area contributed by atoms with Gasteiger partial charge in [-0.25, -0.2) is 9.18 Å². The normalized spacial score (nSPS) is 11.1. The lowest BCUT2D eigenvalue weighted by molar-refractivity contribution is -0.116. The van der Waals surface area contributed by atoms with Gasteiger partial charge in [-0.05, 0) is 36.1 Å². The first-order valence-corrected chi connectivity index (χ1v) is 9.06. The Hall–Kier alpha value is -2.78. The van der Waals surface area contributed by atoms with Crippen LogP contribution in [0.25, 0.3) is 10.2 Å². The van der Waals surface area contributed by atoms with Gasteiger partial charge in [-0.1, -0.05) is 6.07 Å². The van der Waals surface area contributed by atoms with Crippen LogP contribution in [0.3, 0.4) is 0 Å². The van der Waals surface area contributed by atoms with E-state index in [9.17, 15) is 18.8 Å². The maximum Gasteiger partial charge on any atom is 0.332 e. The summed E-state index contributed by atoms with van der Waals surface area (Å²) in [5, 5.41) is 4.26. The summed E-state index contributed by atoms with van der Waals surface area (Å²) in [6, 6.07) is 5.98. The number of anilines is 1. The molecule has 2 aromatic heterocycles. The molecule has 27 heavy (non-hydrogen) atoms. The zero-order chi connectivity index (χ0) is 19.6. The fourth-order valence-electron chi connectivity index (χ4n) is 2.68. The van der Waals surface area contributed by atoms with E-state index in [1.165, 1.54) is 29.1 Å². The number of amides is 1. The van der Waals surface area contributed by atoms with E-state index >= 15 is 0 Å². The molecule has 1 N–H and O–H groups in total. The highest BCUT2D eigenvalue weighted by Crippen LogP contribution is 2.16. The van der Waals surface area contributed by atoms with Crippen LogP contribution in [0.5, 0.6) is 0 Å². The summed E-state index contributed by atoms with van der Waals surface area (Å²) in [6.07, 6.45) is 0. The topological polar surface area (TPSA) is 82.3 Å². The molecule has 1 amide bonds. The molecule has 2 heterocycles. The molecule has 0 bridgehead atoms. The fourth-order valence-corrected chi connectivity index (χ4v) is 3.52. The number of hydrogen-bond donors (Lipinski definition) is 1. The van der Waals surface area contributed by atoms with Crippen LogP contribution in [0.1, 0.15) is 5.56 Å². The molecular weight excluding hydrogens is 373 g/mol. The maximum absolute atomic E-state index is 13.6. The van der Waals surface area contributed by atoms with Crippen molar-refractivity contribution < 1.29 is 13.9 Å². The van der Waals surface area contributed by atoms with Gasteiger partial charge in [-0.15, -0.1) is 11.3 Å². The predicted octanol–water partition coefficient (Wildman–Crippen LogP) is 1.96. The molecule has 142 valence electrons. The van der Waals surface area contributed by atoms with Gasteiger partial charge in [0.15, 0.2) is 0 Å². The Labute approximate surface area is 157 Å². The van der Waals surface area contributed by atoms with E-state index < -0.39 is 23.0 Å². The van der Waals surface area contributed by atoms with Gasteiger partial charge in [-0.2, -0.15) is 0 Å². The summed E-state index contributed by atoms with van der Waals surface area (Å²) in [6.45, 7) is 1.61. The molecule has 0 aliphatic heterocycles. The Balaban J connectivity index is 1.94. The van der Waals surface area contributed by atoms with Gasteiger partial charge in [0.2, 0.25) is 5.91 Å². The first-order chi connectivity index (χ1) is 12.9. The van der Waals surface area contributed by atoms with Crippen LogP contribution in [-0.4, -0.2) is 28.8 Å². The second-order valence-electron chi connectivity index (χ2n) is 5.97. The van der Waals surface area contributed by atoms with Crippen molar-refractivity contribution in [3.05, 3.63) is 61.9 Å². The molecule has 0 aliphatic rings. The lowest BCUT2D eigenvalue weighted by Gasteiger charge is -2.12. The zero-order valence-corrected chi connectivity index (χ0v) is 15.6. The van der Waals surface area contributed by atoms with E-state index in [4.69, 9.17) is 4.74 Å². The number of methoxy groups -OCH3 is 1. The first kappa shape index (κ1) is 19.0. The molecule has 3 rings (SSSR count). The standard InChI is InChI=1S/C18H18FN3O4S/c1-11-3-4-12(9-13(11)19)20-15(23)10-22-14-5-8-27-16(14)17(24)21(18(22)25)6-7-26-2/h3-5,8-9H,6-7,10H2,1-2H3,(H,20,23). The summed E-state index contributed by atoms with van der Waals surface area (Å²) in [5.74, 6) is -0.928. The number of carbonyl (C=O) groups is 1. The smallest absolute Gasteiger partial charge is 0.332 e. The lowest BCUT2D eigenvalue weighted by atomic mass is 10.2. The van der Waals surface area contributed by atoms with E-state index in [1.54, 1.807) is 30.5 Å². The summed E-state index contributed by atoms with van der Waals surface area (Å²) >= 11 is 1.20. The third-order valence-corrected chi connectivity index (χ3v) is 5.00. The van der Waals surface area contributed by atoms with Crippen LogP contribution in [0, 0.1) is 12.7 Å². The predicted molar refractivity (Wildman–Crippen MR) is 102 cm³/mol. The quantitative estimate of drug-likeness (QED) is 0.696. The first-order valence-electron chi connectivity index (χ1n) is 8.18. The summed E-state index contributed by atoms with van der Waals surface area (Å²) in [4.78, 5) is 37.6. The van der Waals surface area contributed by atoms with Crippen molar-refractivity contribution in [3.8, 4) is 0 Å². The number of benzene rings is 1. The zero-order valence-electron chi connectivity index (χ0n) is 14.8. The lowest BCUT2D eigenvalue weighted by Crippen LogP contribution is -2.42. The number of aryl methyl sites for hydroxylation is 1. The number of nitrogens with one attached hydrogen (secondary N) is 1. The number of halogens is 1. The Morgan fingerprint density at radius 2 is 2.04 bits per heavy atom. The number of fused-ring (bicyclic) bond motifs is 1. The van der Waals surface area contributed by atoms with Gasteiger partial charge >= 0.3 is 5.69 Å². The van der Waals surface area contributed by atoms with E-state index in [-0.39, 0.29) is 19.7 Å². The minimum absolute atomic E-state index is 0.0901. The van der Waals surface area contributed by atoms with Gasteiger partial charge in [0.1, 0.15) is 17.1 Å². The van der Waals surface area contributed by atoms with E-state index in [2.05, 4.69) is 5.32 Å². The number of thiophene rings is 1. The second-order valence-corrected chi connectivity index (χ2v) is 6.88. The van der Waals surface area contributed by atoms with Crippen molar-refractivity contribution >= 4 is 33.1 Å². The van der Waals surface area contributed by atoms with Crippen LogP contribution in [0.4, 0.5) is 10.1 Å². The minimum Gasteiger partial charge on any atom is -0.383 e. The average Bonchev–Trinajstić information content (AvgIpc) is 3.12. The Morgan fingerprint density at radius 1 is 1.26 bits per heavy atom. The molecule has 0 aliphatic carbocycles. The van der Waals surface area contributed by atoms with Crippen molar-refractivity contribution in [1.82, 2.24) is 9.13 Å². The van der Waals surface area contributed by atoms with Gasteiger partial charge in [0, 0.05) is 12.8 Å². The van der Waals surface area contributed by atoms with Gasteiger partial charge in [0.05, 0.1) is 18.7 Å². The molecule has 3 aromatic rings. The van der Waals surface area contributed by atoms with Gasteiger partial charge < -0.3 is 10.1 Å². The van der Waals surface area contributed by atoms with Crippen LogP contribution in [-0.2, 0) is 22.6 Å².